The third-order valence-electron chi connectivity index (χ3n) is 4.09. The van der Waals surface area contributed by atoms with Crippen molar-refractivity contribution in [3.05, 3.63) is 48.0 Å². The molecule has 1 aliphatic carbocycles. The molecule has 0 saturated heterocycles. The van der Waals surface area contributed by atoms with Crippen molar-refractivity contribution in [3.63, 3.8) is 0 Å². The van der Waals surface area contributed by atoms with E-state index < -0.39 is 0 Å². The molecule has 2 heteroatoms. The Morgan fingerprint density at radius 2 is 2.11 bits per heavy atom. The number of allylic oxidation sites excluding steroid dienone is 1. The van der Waals surface area contributed by atoms with Crippen molar-refractivity contribution in [3.8, 4) is 0 Å². The largest absolute Gasteiger partial charge is 0.298 e. The molecule has 0 amide bonds. The molecule has 2 rings (SSSR count). The van der Waals surface area contributed by atoms with Gasteiger partial charge in [-0.25, -0.2) is 0 Å². The Kier molecular flexibility index (Phi) is 4.51. The molecular formula is C17H22OS. The van der Waals surface area contributed by atoms with Gasteiger partial charge in [-0.15, -0.1) is 11.8 Å². The summed E-state index contributed by atoms with van der Waals surface area (Å²) in [5.41, 5.74) is 2.45. The molecule has 0 spiro atoms. The second-order valence-corrected chi connectivity index (χ2v) is 7.19. The van der Waals surface area contributed by atoms with E-state index in [1.54, 1.807) is 11.8 Å². The van der Waals surface area contributed by atoms with Gasteiger partial charge >= 0.3 is 0 Å². The van der Waals surface area contributed by atoms with Crippen LogP contribution in [0.1, 0.15) is 38.7 Å². The van der Waals surface area contributed by atoms with Gasteiger partial charge in [-0.1, -0.05) is 42.5 Å². The summed E-state index contributed by atoms with van der Waals surface area (Å²) in [7, 11) is 0. The first-order valence-corrected chi connectivity index (χ1v) is 7.86. The highest BCUT2D eigenvalue weighted by atomic mass is 32.2. The van der Waals surface area contributed by atoms with Crippen LogP contribution in [0.4, 0.5) is 0 Å². The minimum atomic E-state index is -0.207. The summed E-state index contributed by atoms with van der Waals surface area (Å²) in [6, 6.07) is 10.4. The molecule has 102 valence electrons. The lowest BCUT2D eigenvalue weighted by atomic mass is 9.78. The molecule has 0 heterocycles. The molecule has 0 bridgehead atoms. The lowest BCUT2D eigenvalue weighted by Gasteiger charge is -2.35. The molecule has 0 N–H and O–H groups in total. The van der Waals surface area contributed by atoms with Gasteiger partial charge in [0.25, 0.3) is 0 Å². The third-order valence-corrected chi connectivity index (χ3v) is 5.64. The SMILES string of the molecule is C=C(C)[C@@H]1CC[C@](C)(SCc2ccccc2)C(=O)C1. The predicted molar refractivity (Wildman–Crippen MR) is 83.3 cm³/mol. The van der Waals surface area contributed by atoms with Crippen LogP contribution in [0.25, 0.3) is 0 Å². The molecular weight excluding hydrogens is 252 g/mol. The summed E-state index contributed by atoms with van der Waals surface area (Å²) in [6.07, 6.45) is 2.74. The van der Waals surface area contributed by atoms with E-state index in [2.05, 4.69) is 37.8 Å². The highest BCUT2D eigenvalue weighted by Gasteiger charge is 2.39. The molecule has 0 unspecified atom stereocenters. The molecule has 1 aliphatic rings. The zero-order valence-corrected chi connectivity index (χ0v) is 12.6. The highest BCUT2D eigenvalue weighted by Crippen LogP contribution is 2.42. The minimum absolute atomic E-state index is 0.207. The zero-order chi connectivity index (χ0) is 13.9. The first-order chi connectivity index (χ1) is 9.01. The first-order valence-electron chi connectivity index (χ1n) is 6.88. The van der Waals surface area contributed by atoms with E-state index in [1.807, 2.05) is 13.0 Å². The van der Waals surface area contributed by atoms with Gasteiger partial charge in [0.15, 0.2) is 0 Å². The Labute approximate surface area is 120 Å². The van der Waals surface area contributed by atoms with Crippen molar-refractivity contribution < 1.29 is 4.79 Å². The van der Waals surface area contributed by atoms with E-state index in [1.165, 1.54) is 5.56 Å². The van der Waals surface area contributed by atoms with Gasteiger partial charge in [-0.2, -0.15) is 0 Å². The molecule has 1 nitrogen and oxygen atoms in total. The summed E-state index contributed by atoms with van der Waals surface area (Å²) >= 11 is 1.80. The summed E-state index contributed by atoms with van der Waals surface area (Å²) in [5.74, 6) is 1.71. The van der Waals surface area contributed by atoms with Crippen molar-refractivity contribution in [1.82, 2.24) is 0 Å². The van der Waals surface area contributed by atoms with Gasteiger partial charge in [-0.3, -0.25) is 4.79 Å². The van der Waals surface area contributed by atoms with Crippen LogP contribution in [-0.4, -0.2) is 10.5 Å². The lowest BCUT2D eigenvalue weighted by Crippen LogP contribution is -2.38. The van der Waals surface area contributed by atoms with Gasteiger partial charge in [0, 0.05) is 12.2 Å². The Morgan fingerprint density at radius 3 is 2.68 bits per heavy atom. The maximum Gasteiger partial charge on any atom is 0.149 e. The van der Waals surface area contributed by atoms with Crippen LogP contribution < -0.4 is 0 Å². The van der Waals surface area contributed by atoms with E-state index in [0.717, 1.165) is 24.2 Å². The number of carbonyl (C=O) groups excluding carboxylic acids is 1. The Balaban J connectivity index is 1.96. The van der Waals surface area contributed by atoms with Crippen LogP contribution in [0.3, 0.4) is 0 Å². The highest BCUT2D eigenvalue weighted by molar-refractivity contribution is 8.00. The first kappa shape index (κ1) is 14.4. The number of rotatable bonds is 4. The second-order valence-electron chi connectivity index (χ2n) is 5.71. The van der Waals surface area contributed by atoms with Crippen LogP contribution in [0.5, 0.6) is 0 Å². The van der Waals surface area contributed by atoms with E-state index >= 15 is 0 Å². The third kappa shape index (κ3) is 3.50. The number of Topliss-reactive ketones (excluding diaryl/α,β-unsaturated/α-hetero) is 1. The number of thioether (sulfide) groups is 1. The summed E-state index contributed by atoms with van der Waals surface area (Å²) in [6.45, 7) is 8.14. The average Bonchev–Trinajstić information content (AvgIpc) is 2.41. The molecule has 1 saturated carbocycles. The predicted octanol–water partition coefficient (Wildman–Crippen LogP) is 4.62. The molecule has 1 aromatic carbocycles. The van der Waals surface area contributed by atoms with E-state index in [4.69, 9.17) is 0 Å². The Bertz CT molecular complexity index is 465. The minimum Gasteiger partial charge on any atom is -0.298 e. The summed E-state index contributed by atoms with van der Waals surface area (Å²) < 4.78 is -0.207. The van der Waals surface area contributed by atoms with E-state index in [-0.39, 0.29) is 4.75 Å². The molecule has 1 fully saturated rings. The topological polar surface area (TPSA) is 17.1 Å². The molecule has 1 aromatic rings. The standard InChI is InChI=1S/C17H22OS/c1-13(2)15-9-10-17(3,16(18)11-15)19-12-14-7-5-4-6-8-14/h4-8,15H,1,9-12H2,2-3H3/t15-,17+/m1/s1. The van der Waals surface area contributed by atoms with Gasteiger partial charge in [-0.05, 0) is 38.2 Å². The maximum atomic E-state index is 12.4. The maximum absolute atomic E-state index is 12.4. The number of ketones is 1. The van der Waals surface area contributed by atoms with Crippen molar-refractivity contribution in [1.29, 1.82) is 0 Å². The fraction of sp³-hybridized carbons (Fsp3) is 0.471. The van der Waals surface area contributed by atoms with Gasteiger partial charge in [0.1, 0.15) is 5.78 Å². The van der Waals surface area contributed by atoms with Gasteiger partial charge < -0.3 is 0 Å². The van der Waals surface area contributed by atoms with E-state index in [0.29, 0.717) is 18.1 Å². The molecule has 0 aliphatic heterocycles. The molecule has 19 heavy (non-hydrogen) atoms. The smallest absolute Gasteiger partial charge is 0.149 e. The molecule has 0 aromatic heterocycles. The number of hydrogen-bond donors (Lipinski definition) is 0. The fourth-order valence-corrected chi connectivity index (χ4v) is 3.71. The fourth-order valence-electron chi connectivity index (χ4n) is 2.52. The number of hydrogen-bond acceptors (Lipinski definition) is 2. The summed E-state index contributed by atoms with van der Waals surface area (Å²) in [4.78, 5) is 12.4. The second kappa shape index (κ2) is 5.96. The van der Waals surface area contributed by atoms with Crippen LogP contribution in [-0.2, 0) is 10.5 Å². The normalized spacial score (nSPS) is 27.3. The van der Waals surface area contributed by atoms with Gasteiger partial charge in [0.05, 0.1) is 4.75 Å². The van der Waals surface area contributed by atoms with Crippen molar-refractivity contribution in [2.75, 3.05) is 0 Å². The van der Waals surface area contributed by atoms with Crippen LogP contribution in [0, 0.1) is 5.92 Å². The average molecular weight is 274 g/mol. The lowest BCUT2D eigenvalue weighted by molar-refractivity contribution is -0.123. The number of carbonyl (C=O) groups is 1. The van der Waals surface area contributed by atoms with Crippen LogP contribution in [0.15, 0.2) is 42.5 Å². The Morgan fingerprint density at radius 1 is 1.42 bits per heavy atom. The zero-order valence-electron chi connectivity index (χ0n) is 11.8. The van der Waals surface area contributed by atoms with E-state index in [9.17, 15) is 4.79 Å². The summed E-state index contributed by atoms with van der Waals surface area (Å²) in [5, 5.41) is 0. The molecule has 2 atom stereocenters. The Hall–Kier alpha value is -1.02. The van der Waals surface area contributed by atoms with Crippen molar-refractivity contribution in [2.24, 2.45) is 5.92 Å². The number of benzene rings is 1. The quantitative estimate of drug-likeness (QED) is 0.745. The van der Waals surface area contributed by atoms with Crippen molar-refractivity contribution in [2.45, 2.75) is 43.6 Å². The van der Waals surface area contributed by atoms with Crippen LogP contribution in [0.2, 0.25) is 0 Å². The van der Waals surface area contributed by atoms with Crippen LogP contribution >= 0.6 is 11.8 Å². The van der Waals surface area contributed by atoms with Crippen molar-refractivity contribution >= 4 is 17.5 Å². The van der Waals surface area contributed by atoms with Gasteiger partial charge in [0.2, 0.25) is 0 Å². The monoisotopic (exact) mass is 274 g/mol. The molecule has 0 radical (unpaired) electrons.